The first-order valence-corrected chi connectivity index (χ1v) is 7.66. The van der Waals surface area contributed by atoms with Crippen molar-refractivity contribution in [2.45, 2.75) is 51.5 Å². The molecule has 0 aromatic carbocycles. The van der Waals surface area contributed by atoms with Crippen LogP contribution in [0, 0.1) is 0 Å². The monoisotopic (exact) mass is 234 g/mol. The van der Waals surface area contributed by atoms with Crippen LogP contribution in [0.25, 0.3) is 0 Å². The second-order valence-electron chi connectivity index (χ2n) is 3.84. The van der Waals surface area contributed by atoms with Crippen LogP contribution in [0.1, 0.15) is 46.0 Å². The van der Waals surface area contributed by atoms with Crippen molar-refractivity contribution in [3.63, 3.8) is 0 Å². The summed E-state index contributed by atoms with van der Waals surface area (Å²) in [5.74, 6) is 0. The molecule has 0 bridgehead atoms. The third kappa shape index (κ3) is 4.22. The summed E-state index contributed by atoms with van der Waals surface area (Å²) >= 11 is 0. The van der Waals surface area contributed by atoms with Gasteiger partial charge in [0.2, 0.25) is 0 Å². The maximum absolute atomic E-state index is 5.54. The average molecular weight is 234 g/mol. The van der Waals surface area contributed by atoms with Gasteiger partial charge in [-0.3, -0.25) is 0 Å². The van der Waals surface area contributed by atoms with Crippen molar-refractivity contribution in [2.75, 3.05) is 21.3 Å². The molecule has 0 fully saturated rings. The van der Waals surface area contributed by atoms with Crippen LogP contribution < -0.4 is 0 Å². The van der Waals surface area contributed by atoms with Gasteiger partial charge in [0.25, 0.3) is 0 Å². The van der Waals surface area contributed by atoms with Crippen LogP contribution in [0.2, 0.25) is 5.54 Å². The Kier molecular flexibility index (Phi) is 8.33. The molecule has 0 saturated carbocycles. The van der Waals surface area contributed by atoms with Crippen LogP contribution in [0.5, 0.6) is 0 Å². The van der Waals surface area contributed by atoms with E-state index < -0.39 is 8.80 Å². The van der Waals surface area contributed by atoms with E-state index in [4.69, 9.17) is 13.3 Å². The molecule has 0 rings (SSSR count). The Hall–Kier alpha value is 0.0969. The molecule has 92 valence electrons. The molecule has 0 heterocycles. The fourth-order valence-corrected chi connectivity index (χ4v) is 4.75. The standard InChI is InChI=1S/C11H26O3Si/c1-6-8-10-11(9-7-2)15(12-3,13-4)14-5/h11H,6-10H2,1-5H3. The number of hydrogen-bond acceptors (Lipinski definition) is 3. The van der Waals surface area contributed by atoms with Crippen molar-refractivity contribution < 1.29 is 13.3 Å². The van der Waals surface area contributed by atoms with Crippen molar-refractivity contribution in [3.05, 3.63) is 0 Å². The minimum atomic E-state index is -2.41. The molecule has 0 aliphatic rings. The molecule has 15 heavy (non-hydrogen) atoms. The highest BCUT2D eigenvalue weighted by molar-refractivity contribution is 6.62. The van der Waals surface area contributed by atoms with Crippen LogP contribution in [0.15, 0.2) is 0 Å². The van der Waals surface area contributed by atoms with Gasteiger partial charge in [-0.2, -0.15) is 0 Å². The summed E-state index contributed by atoms with van der Waals surface area (Å²) in [4.78, 5) is 0. The smallest absolute Gasteiger partial charge is 0.377 e. The molecule has 0 radical (unpaired) electrons. The van der Waals surface area contributed by atoms with Crippen molar-refractivity contribution in [2.24, 2.45) is 0 Å². The average Bonchev–Trinajstić information content (AvgIpc) is 2.28. The fraction of sp³-hybridized carbons (Fsp3) is 1.00. The maximum Gasteiger partial charge on any atom is 0.503 e. The molecule has 1 unspecified atom stereocenters. The molecule has 0 aliphatic heterocycles. The lowest BCUT2D eigenvalue weighted by Gasteiger charge is -2.32. The first-order valence-electron chi connectivity index (χ1n) is 5.86. The quantitative estimate of drug-likeness (QED) is 0.573. The van der Waals surface area contributed by atoms with E-state index in [1.54, 1.807) is 21.3 Å². The van der Waals surface area contributed by atoms with E-state index in [-0.39, 0.29) is 0 Å². The number of hydrogen-bond donors (Lipinski definition) is 0. The van der Waals surface area contributed by atoms with E-state index in [0.29, 0.717) is 5.54 Å². The minimum Gasteiger partial charge on any atom is -0.377 e. The molecule has 0 aliphatic carbocycles. The Bertz CT molecular complexity index is 141. The van der Waals surface area contributed by atoms with E-state index in [1.807, 2.05) is 0 Å². The van der Waals surface area contributed by atoms with Crippen LogP contribution in [-0.2, 0) is 13.3 Å². The third-order valence-corrected chi connectivity index (χ3v) is 6.18. The first-order chi connectivity index (χ1) is 7.20. The van der Waals surface area contributed by atoms with E-state index in [9.17, 15) is 0 Å². The zero-order valence-corrected chi connectivity index (χ0v) is 11.8. The molecule has 0 spiro atoms. The van der Waals surface area contributed by atoms with Crippen molar-refractivity contribution >= 4 is 8.80 Å². The Balaban J connectivity index is 4.50. The van der Waals surface area contributed by atoms with Gasteiger partial charge in [0.1, 0.15) is 0 Å². The second-order valence-corrected chi connectivity index (χ2v) is 7.09. The zero-order valence-electron chi connectivity index (χ0n) is 10.8. The van der Waals surface area contributed by atoms with E-state index in [2.05, 4.69) is 13.8 Å². The summed E-state index contributed by atoms with van der Waals surface area (Å²) in [5, 5.41) is 0. The number of rotatable bonds is 9. The molecule has 0 aromatic heterocycles. The van der Waals surface area contributed by atoms with Gasteiger partial charge in [-0.25, -0.2) is 0 Å². The van der Waals surface area contributed by atoms with Crippen molar-refractivity contribution in [1.82, 2.24) is 0 Å². The van der Waals surface area contributed by atoms with Crippen LogP contribution in [0.4, 0.5) is 0 Å². The Morgan fingerprint density at radius 1 is 0.867 bits per heavy atom. The largest absolute Gasteiger partial charge is 0.503 e. The highest BCUT2D eigenvalue weighted by Gasteiger charge is 2.45. The SMILES string of the molecule is CCCCC(CCC)[Si](OC)(OC)OC. The maximum atomic E-state index is 5.54. The van der Waals surface area contributed by atoms with Gasteiger partial charge in [0.05, 0.1) is 0 Å². The Morgan fingerprint density at radius 2 is 1.40 bits per heavy atom. The van der Waals surface area contributed by atoms with E-state index in [1.165, 1.54) is 12.8 Å². The molecule has 0 aromatic rings. The van der Waals surface area contributed by atoms with Crippen molar-refractivity contribution in [3.8, 4) is 0 Å². The molecular formula is C11H26O3Si. The molecule has 4 heteroatoms. The van der Waals surface area contributed by atoms with Gasteiger partial charge in [0.15, 0.2) is 0 Å². The molecule has 1 atom stereocenters. The minimum absolute atomic E-state index is 0.447. The summed E-state index contributed by atoms with van der Waals surface area (Å²) in [5.41, 5.74) is 0.447. The normalized spacial score (nSPS) is 14.2. The predicted octanol–water partition coefficient (Wildman–Crippen LogP) is 3.23. The molecule has 3 nitrogen and oxygen atoms in total. The van der Waals surface area contributed by atoms with Gasteiger partial charge in [-0.1, -0.05) is 33.1 Å². The summed E-state index contributed by atoms with van der Waals surface area (Å²) in [6.07, 6.45) is 5.85. The summed E-state index contributed by atoms with van der Waals surface area (Å²) in [7, 11) is 2.70. The Morgan fingerprint density at radius 3 is 1.73 bits per heavy atom. The topological polar surface area (TPSA) is 27.7 Å². The molecular weight excluding hydrogens is 208 g/mol. The number of unbranched alkanes of at least 4 members (excludes halogenated alkanes) is 1. The lowest BCUT2D eigenvalue weighted by molar-refractivity contribution is 0.107. The lowest BCUT2D eigenvalue weighted by Crippen LogP contribution is -2.47. The van der Waals surface area contributed by atoms with Gasteiger partial charge in [-0.05, 0) is 12.8 Å². The van der Waals surface area contributed by atoms with Crippen LogP contribution >= 0.6 is 0 Å². The summed E-state index contributed by atoms with van der Waals surface area (Å²) in [6.45, 7) is 4.40. The van der Waals surface area contributed by atoms with Crippen LogP contribution in [0.3, 0.4) is 0 Å². The van der Waals surface area contributed by atoms with Crippen LogP contribution in [-0.4, -0.2) is 30.1 Å². The summed E-state index contributed by atoms with van der Waals surface area (Å²) in [6, 6.07) is 0. The van der Waals surface area contributed by atoms with Gasteiger partial charge >= 0.3 is 8.80 Å². The Labute approximate surface area is 95.5 Å². The van der Waals surface area contributed by atoms with Crippen molar-refractivity contribution in [1.29, 1.82) is 0 Å². The summed E-state index contributed by atoms with van der Waals surface area (Å²) < 4.78 is 16.6. The second kappa shape index (κ2) is 8.27. The van der Waals surface area contributed by atoms with E-state index >= 15 is 0 Å². The van der Waals surface area contributed by atoms with Gasteiger partial charge in [-0.15, -0.1) is 0 Å². The predicted molar refractivity (Wildman–Crippen MR) is 65.0 cm³/mol. The zero-order chi connectivity index (χ0) is 11.7. The van der Waals surface area contributed by atoms with E-state index in [0.717, 1.165) is 19.3 Å². The highest BCUT2D eigenvalue weighted by Crippen LogP contribution is 2.33. The fourth-order valence-electron chi connectivity index (χ4n) is 2.05. The molecule has 0 amide bonds. The van der Waals surface area contributed by atoms with Gasteiger partial charge in [0, 0.05) is 26.9 Å². The highest BCUT2D eigenvalue weighted by atomic mass is 28.4. The first kappa shape index (κ1) is 15.1. The molecule has 0 N–H and O–H groups in total. The van der Waals surface area contributed by atoms with Gasteiger partial charge < -0.3 is 13.3 Å². The molecule has 0 saturated heterocycles. The lowest BCUT2D eigenvalue weighted by atomic mass is 10.1. The third-order valence-electron chi connectivity index (χ3n) is 2.90.